The van der Waals surface area contributed by atoms with Crippen LogP contribution in [0.25, 0.3) is 0 Å². The van der Waals surface area contributed by atoms with E-state index in [2.05, 4.69) is 4.74 Å². The van der Waals surface area contributed by atoms with E-state index in [0.29, 0.717) is 5.56 Å². The van der Waals surface area contributed by atoms with Gasteiger partial charge >= 0.3 is 0 Å². The topological polar surface area (TPSA) is 46.5 Å². The molecule has 0 saturated carbocycles. The first-order chi connectivity index (χ1) is 9.56. The van der Waals surface area contributed by atoms with Crippen LogP contribution in [0.3, 0.4) is 0 Å². The molecule has 2 aromatic carbocycles. The summed E-state index contributed by atoms with van der Waals surface area (Å²) < 4.78 is 31.8. The van der Waals surface area contributed by atoms with Crippen molar-refractivity contribution in [1.82, 2.24) is 0 Å². The molecule has 1 atom stereocenters. The van der Waals surface area contributed by atoms with Gasteiger partial charge < -0.3 is 9.84 Å². The van der Waals surface area contributed by atoms with Crippen molar-refractivity contribution in [2.24, 2.45) is 0 Å². The zero-order chi connectivity index (χ0) is 14.7. The highest BCUT2D eigenvalue weighted by molar-refractivity contribution is 6.00. The third-order valence-electron chi connectivity index (χ3n) is 2.88. The van der Waals surface area contributed by atoms with Crippen molar-refractivity contribution in [3.63, 3.8) is 0 Å². The first kappa shape index (κ1) is 14.1. The van der Waals surface area contributed by atoms with E-state index in [0.717, 1.165) is 19.2 Å². The van der Waals surface area contributed by atoms with Crippen LogP contribution in [0.15, 0.2) is 42.5 Å². The Kier molecular flexibility index (Phi) is 4.10. The first-order valence-electron chi connectivity index (χ1n) is 5.85. The van der Waals surface area contributed by atoms with Gasteiger partial charge in [-0.05, 0) is 17.7 Å². The maximum absolute atomic E-state index is 14.0. The van der Waals surface area contributed by atoms with Crippen LogP contribution in [0.4, 0.5) is 8.78 Å². The molecule has 0 aromatic heterocycles. The molecule has 0 radical (unpaired) electrons. The minimum atomic E-state index is -1.51. The third kappa shape index (κ3) is 2.53. The second-order valence-electron chi connectivity index (χ2n) is 4.12. The minimum Gasteiger partial charge on any atom is -0.491 e. The highest BCUT2D eigenvalue weighted by Crippen LogP contribution is 2.27. The lowest BCUT2D eigenvalue weighted by Crippen LogP contribution is -2.14. The molecule has 5 heteroatoms. The Hall–Kier alpha value is -2.27. The summed E-state index contributed by atoms with van der Waals surface area (Å²) in [6.07, 6.45) is -1.51. The van der Waals surface area contributed by atoms with Crippen LogP contribution in [-0.2, 0) is 0 Å². The molecule has 0 bridgehead atoms. The quantitative estimate of drug-likeness (QED) is 0.875. The SMILES string of the molecule is COc1c(F)ccc(C(=O)C(O)c2ccccc2)c1F. The number of methoxy groups -OCH3 is 1. The summed E-state index contributed by atoms with van der Waals surface area (Å²) in [5.74, 6) is -3.52. The largest absolute Gasteiger partial charge is 0.491 e. The lowest BCUT2D eigenvalue weighted by molar-refractivity contribution is 0.0742. The van der Waals surface area contributed by atoms with Gasteiger partial charge in [-0.3, -0.25) is 4.79 Å². The van der Waals surface area contributed by atoms with Crippen LogP contribution in [0.5, 0.6) is 5.75 Å². The van der Waals surface area contributed by atoms with Crippen molar-refractivity contribution >= 4 is 5.78 Å². The van der Waals surface area contributed by atoms with Gasteiger partial charge in [-0.1, -0.05) is 30.3 Å². The normalized spacial score (nSPS) is 12.0. The Bertz CT molecular complexity index is 627. The molecule has 1 unspecified atom stereocenters. The number of carbonyl (C=O) groups excluding carboxylic acids is 1. The molecule has 0 amide bonds. The van der Waals surface area contributed by atoms with E-state index in [9.17, 15) is 18.7 Å². The number of aliphatic hydroxyl groups is 1. The Morgan fingerprint density at radius 2 is 1.80 bits per heavy atom. The predicted molar refractivity (Wildman–Crippen MR) is 68.6 cm³/mol. The molecule has 2 aromatic rings. The molecule has 2 rings (SSSR count). The van der Waals surface area contributed by atoms with Crippen molar-refractivity contribution in [3.8, 4) is 5.75 Å². The molecule has 0 spiro atoms. The van der Waals surface area contributed by atoms with Gasteiger partial charge in [0, 0.05) is 0 Å². The Balaban J connectivity index is 2.39. The average Bonchev–Trinajstić information content (AvgIpc) is 2.47. The summed E-state index contributed by atoms with van der Waals surface area (Å²) in [5, 5.41) is 9.95. The number of benzene rings is 2. The molecule has 0 aliphatic carbocycles. The highest BCUT2D eigenvalue weighted by Gasteiger charge is 2.25. The molecule has 1 N–H and O–H groups in total. The molecule has 20 heavy (non-hydrogen) atoms. The van der Waals surface area contributed by atoms with Gasteiger partial charge in [-0.25, -0.2) is 8.78 Å². The molecule has 0 fully saturated rings. The fourth-order valence-corrected chi connectivity index (χ4v) is 1.84. The molecule has 104 valence electrons. The number of hydrogen-bond acceptors (Lipinski definition) is 3. The Labute approximate surface area is 114 Å². The van der Waals surface area contributed by atoms with E-state index >= 15 is 0 Å². The lowest BCUT2D eigenvalue weighted by atomic mass is 9.99. The maximum atomic E-state index is 14.0. The summed E-state index contributed by atoms with van der Waals surface area (Å²) in [5.41, 5.74) is -0.0835. The average molecular weight is 278 g/mol. The van der Waals surface area contributed by atoms with Gasteiger partial charge in [0.1, 0.15) is 6.10 Å². The van der Waals surface area contributed by atoms with Crippen molar-refractivity contribution in [2.75, 3.05) is 7.11 Å². The number of ether oxygens (including phenoxy) is 1. The molecule has 0 heterocycles. The van der Waals surface area contributed by atoms with E-state index < -0.39 is 34.8 Å². The van der Waals surface area contributed by atoms with Crippen molar-refractivity contribution in [2.45, 2.75) is 6.10 Å². The molecule has 0 aliphatic heterocycles. The molecule has 0 aliphatic rings. The van der Waals surface area contributed by atoms with E-state index in [1.165, 1.54) is 0 Å². The van der Waals surface area contributed by atoms with Crippen LogP contribution >= 0.6 is 0 Å². The summed E-state index contributed by atoms with van der Waals surface area (Å²) in [4.78, 5) is 12.1. The van der Waals surface area contributed by atoms with E-state index in [1.54, 1.807) is 30.3 Å². The van der Waals surface area contributed by atoms with Crippen LogP contribution in [0.1, 0.15) is 22.0 Å². The zero-order valence-electron chi connectivity index (χ0n) is 10.6. The highest BCUT2D eigenvalue weighted by atomic mass is 19.1. The summed E-state index contributed by atoms with van der Waals surface area (Å²) >= 11 is 0. The van der Waals surface area contributed by atoms with Gasteiger partial charge in [0.05, 0.1) is 12.7 Å². The minimum absolute atomic E-state index is 0.334. The van der Waals surface area contributed by atoms with Crippen molar-refractivity contribution in [1.29, 1.82) is 0 Å². The molecule has 0 saturated heterocycles. The number of ketones is 1. The van der Waals surface area contributed by atoms with Gasteiger partial charge in [0.15, 0.2) is 23.2 Å². The van der Waals surface area contributed by atoms with E-state index in [4.69, 9.17) is 0 Å². The van der Waals surface area contributed by atoms with Gasteiger partial charge in [0.25, 0.3) is 0 Å². The molecular weight excluding hydrogens is 266 g/mol. The standard InChI is InChI=1S/C15H12F2O3/c1-20-15-11(16)8-7-10(12(15)17)14(19)13(18)9-5-3-2-4-6-9/h2-8,13,18H,1H3. The number of halogens is 2. The lowest BCUT2D eigenvalue weighted by Gasteiger charge is -2.12. The second-order valence-corrected chi connectivity index (χ2v) is 4.12. The Morgan fingerprint density at radius 3 is 2.40 bits per heavy atom. The fraction of sp³-hybridized carbons (Fsp3) is 0.133. The number of hydrogen-bond donors (Lipinski definition) is 1. The summed E-state index contributed by atoms with van der Waals surface area (Å²) in [6, 6.07) is 10.0. The van der Waals surface area contributed by atoms with Gasteiger partial charge in [0.2, 0.25) is 0 Å². The van der Waals surface area contributed by atoms with Gasteiger partial charge in [-0.2, -0.15) is 0 Å². The van der Waals surface area contributed by atoms with Crippen LogP contribution in [0.2, 0.25) is 0 Å². The zero-order valence-corrected chi connectivity index (χ0v) is 10.6. The van der Waals surface area contributed by atoms with E-state index in [-0.39, 0.29) is 0 Å². The molecular formula is C15H12F2O3. The maximum Gasteiger partial charge on any atom is 0.198 e. The van der Waals surface area contributed by atoms with Crippen molar-refractivity contribution < 1.29 is 23.4 Å². The third-order valence-corrected chi connectivity index (χ3v) is 2.88. The van der Waals surface area contributed by atoms with Gasteiger partial charge in [-0.15, -0.1) is 0 Å². The number of aliphatic hydroxyl groups excluding tert-OH is 1. The van der Waals surface area contributed by atoms with Crippen LogP contribution in [0, 0.1) is 11.6 Å². The number of rotatable bonds is 4. The van der Waals surface area contributed by atoms with Crippen LogP contribution in [-0.4, -0.2) is 18.0 Å². The second kappa shape index (κ2) is 5.79. The smallest absolute Gasteiger partial charge is 0.198 e. The summed E-state index contributed by atoms with van der Waals surface area (Å²) in [7, 11) is 1.10. The van der Waals surface area contributed by atoms with E-state index in [1.807, 2.05) is 0 Å². The van der Waals surface area contributed by atoms with Crippen molar-refractivity contribution in [3.05, 3.63) is 65.2 Å². The summed E-state index contributed by atoms with van der Waals surface area (Å²) in [6.45, 7) is 0. The Morgan fingerprint density at radius 1 is 1.15 bits per heavy atom. The fourth-order valence-electron chi connectivity index (χ4n) is 1.84. The van der Waals surface area contributed by atoms with Crippen LogP contribution < -0.4 is 4.74 Å². The molecule has 3 nitrogen and oxygen atoms in total. The first-order valence-corrected chi connectivity index (χ1v) is 5.85. The predicted octanol–water partition coefficient (Wildman–Crippen LogP) is 2.89. The monoisotopic (exact) mass is 278 g/mol. The number of Topliss-reactive ketones (excluding diaryl/α,β-unsaturated/α-hetero) is 1. The number of carbonyl (C=O) groups is 1.